The summed E-state index contributed by atoms with van der Waals surface area (Å²) in [7, 11) is -3.04. The molecule has 1 unspecified atom stereocenters. The Morgan fingerprint density at radius 3 is 2.73 bits per heavy atom. The summed E-state index contributed by atoms with van der Waals surface area (Å²) in [6.07, 6.45) is 2.12. The van der Waals surface area contributed by atoms with E-state index < -0.39 is 10.0 Å². The van der Waals surface area contributed by atoms with Crippen LogP contribution in [-0.2, 0) is 10.0 Å². The lowest BCUT2D eigenvalue weighted by Crippen LogP contribution is -2.49. The Morgan fingerprint density at radius 2 is 2.20 bits per heavy atom. The molecule has 0 aromatic rings. The van der Waals surface area contributed by atoms with Gasteiger partial charge in [0.1, 0.15) is 0 Å². The van der Waals surface area contributed by atoms with Gasteiger partial charge in [0.2, 0.25) is 10.0 Å². The molecule has 1 atom stereocenters. The maximum Gasteiger partial charge on any atom is 0.212 e. The molecular formula is C9H18N2O2S2. The summed E-state index contributed by atoms with van der Waals surface area (Å²) >= 11 is 1.84. The molecule has 88 valence electrons. The predicted octanol–water partition coefficient (Wildman–Crippen LogP) is 0.0208. The summed E-state index contributed by atoms with van der Waals surface area (Å²) in [5, 5.41) is 3.09. The van der Waals surface area contributed by atoms with E-state index >= 15 is 0 Å². The van der Waals surface area contributed by atoms with E-state index in [0.29, 0.717) is 11.7 Å². The van der Waals surface area contributed by atoms with Gasteiger partial charge in [-0.2, -0.15) is 11.8 Å². The molecule has 2 fully saturated rings. The van der Waals surface area contributed by atoms with Crippen LogP contribution in [0, 0.1) is 5.92 Å². The second kappa shape index (κ2) is 5.03. The molecule has 0 aromatic carbocycles. The lowest BCUT2D eigenvalue weighted by Gasteiger charge is -2.28. The third-order valence-corrected chi connectivity index (χ3v) is 5.65. The average molecular weight is 250 g/mol. The van der Waals surface area contributed by atoms with Crippen molar-refractivity contribution in [3.8, 4) is 0 Å². The molecule has 0 amide bonds. The van der Waals surface area contributed by atoms with Crippen molar-refractivity contribution >= 4 is 21.8 Å². The number of hydrogen-bond acceptors (Lipinski definition) is 4. The normalized spacial score (nSPS) is 28.7. The summed E-state index contributed by atoms with van der Waals surface area (Å²) in [5.74, 6) is 2.72. The number of hydrogen-bond donors (Lipinski definition) is 2. The average Bonchev–Trinajstić information content (AvgIpc) is 2.13. The fourth-order valence-corrected chi connectivity index (χ4v) is 4.75. The standard InChI is InChI=1S/C9H18N2O2S2/c12-15(13,7-8-4-10-5-8)11-9-2-1-3-14-6-9/h8-11H,1-7H2. The number of thioether (sulfide) groups is 1. The summed E-state index contributed by atoms with van der Waals surface area (Å²) in [6, 6.07) is 0.168. The summed E-state index contributed by atoms with van der Waals surface area (Å²) < 4.78 is 26.3. The molecule has 0 aliphatic carbocycles. The maximum atomic E-state index is 11.8. The van der Waals surface area contributed by atoms with Gasteiger partial charge >= 0.3 is 0 Å². The maximum absolute atomic E-state index is 11.8. The zero-order valence-corrected chi connectivity index (χ0v) is 10.4. The Morgan fingerprint density at radius 1 is 1.40 bits per heavy atom. The van der Waals surface area contributed by atoms with Gasteiger partial charge in [-0.05, 0) is 24.5 Å². The van der Waals surface area contributed by atoms with E-state index in [1.54, 1.807) is 0 Å². The molecule has 4 nitrogen and oxygen atoms in total. The summed E-state index contributed by atoms with van der Waals surface area (Å²) in [4.78, 5) is 0. The van der Waals surface area contributed by atoms with Gasteiger partial charge in [-0.25, -0.2) is 13.1 Å². The van der Waals surface area contributed by atoms with Crippen LogP contribution >= 0.6 is 11.8 Å². The van der Waals surface area contributed by atoms with Crippen molar-refractivity contribution in [1.82, 2.24) is 10.0 Å². The van der Waals surface area contributed by atoms with Gasteiger partial charge in [-0.3, -0.25) is 0 Å². The highest BCUT2D eigenvalue weighted by Crippen LogP contribution is 2.18. The van der Waals surface area contributed by atoms with E-state index in [1.807, 2.05) is 11.8 Å². The van der Waals surface area contributed by atoms with Crippen molar-refractivity contribution in [2.45, 2.75) is 18.9 Å². The van der Waals surface area contributed by atoms with Crippen LogP contribution in [0.1, 0.15) is 12.8 Å². The fraction of sp³-hybridized carbons (Fsp3) is 1.00. The van der Waals surface area contributed by atoms with Gasteiger partial charge in [0, 0.05) is 24.9 Å². The van der Waals surface area contributed by atoms with Crippen molar-refractivity contribution in [3.63, 3.8) is 0 Å². The molecule has 0 saturated carbocycles. The largest absolute Gasteiger partial charge is 0.316 e. The van der Waals surface area contributed by atoms with Gasteiger partial charge in [-0.15, -0.1) is 0 Å². The Hall–Kier alpha value is 0.220. The minimum absolute atomic E-state index is 0.168. The van der Waals surface area contributed by atoms with Crippen LogP contribution in [0.5, 0.6) is 0 Å². The molecule has 0 bridgehead atoms. The molecule has 2 saturated heterocycles. The second-order valence-corrected chi connectivity index (χ2v) is 7.29. The molecular weight excluding hydrogens is 232 g/mol. The van der Waals surface area contributed by atoms with E-state index in [1.165, 1.54) is 5.75 Å². The van der Waals surface area contributed by atoms with E-state index in [0.717, 1.165) is 31.7 Å². The lowest BCUT2D eigenvalue weighted by atomic mass is 10.1. The van der Waals surface area contributed by atoms with Crippen molar-refractivity contribution < 1.29 is 8.42 Å². The van der Waals surface area contributed by atoms with Gasteiger partial charge in [0.05, 0.1) is 5.75 Å². The molecule has 0 aromatic heterocycles. The first-order valence-electron chi connectivity index (χ1n) is 5.44. The van der Waals surface area contributed by atoms with E-state index in [2.05, 4.69) is 10.0 Å². The van der Waals surface area contributed by atoms with Crippen molar-refractivity contribution in [1.29, 1.82) is 0 Å². The number of sulfonamides is 1. The van der Waals surface area contributed by atoms with Crippen molar-refractivity contribution in [3.05, 3.63) is 0 Å². The third-order valence-electron chi connectivity index (χ3n) is 2.83. The SMILES string of the molecule is O=S(=O)(CC1CNC1)NC1CCCSC1. The molecule has 0 radical (unpaired) electrons. The number of nitrogens with one attached hydrogen (secondary N) is 2. The molecule has 2 rings (SSSR count). The molecule has 0 spiro atoms. The second-order valence-electron chi connectivity index (χ2n) is 4.34. The highest BCUT2D eigenvalue weighted by molar-refractivity contribution is 7.99. The van der Waals surface area contributed by atoms with Gasteiger partial charge in [-0.1, -0.05) is 0 Å². The zero-order valence-electron chi connectivity index (χ0n) is 8.74. The molecule has 2 heterocycles. The van der Waals surface area contributed by atoms with Crippen LogP contribution in [-0.4, -0.2) is 44.8 Å². The van der Waals surface area contributed by atoms with Crippen LogP contribution in [0.15, 0.2) is 0 Å². The third kappa shape index (κ3) is 3.62. The first-order chi connectivity index (χ1) is 7.16. The molecule has 6 heteroatoms. The van der Waals surface area contributed by atoms with Crippen LogP contribution in [0.2, 0.25) is 0 Å². The Balaban J connectivity index is 1.80. The van der Waals surface area contributed by atoms with Crippen LogP contribution in [0.3, 0.4) is 0 Å². The van der Waals surface area contributed by atoms with Crippen LogP contribution in [0.25, 0.3) is 0 Å². The Kier molecular flexibility index (Phi) is 3.93. The topological polar surface area (TPSA) is 58.2 Å². The quantitative estimate of drug-likeness (QED) is 0.738. The predicted molar refractivity (Wildman–Crippen MR) is 63.6 cm³/mol. The van der Waals surface area contributed by atoms with Gasteiger partial charge < -0.3 is 5.32 Å². The lowest BCUT2D eigenvalue weighted by molar-refractivity contribution is 0.376. The summed E-state index contributed by atoms with van der Waals surface area (Å²) in [6.45, 7) is 1.70. The van der Waals surface area contributed by atoms with Crippen LogP contribution in [0.4, 0.5) is 0 Å². The smallest absolute Gasteiger partial charge is 0.212 e. The van der Waals surface area contributed by atoms with Crippen molar-refractivity contribution in [2.24, 2.45) is 5.92 Å². The highest BCUT2D eigenvalue weighted by atomic mass is 32.2. The molecule has 2 N–H and O–H groups in total. The Labute approximate surface area is 95.6 Å². The molecule has 2 aliphatic rings. The van der Waals surface area contributed by atoms with E-state index in [-0.39, 0.29) is 6.04 Å². The van der Waals surface area contributed by atoms with Crippen molar-refractivity contribution in [2.75, 3.05) is 30.3 Å². The van der Waals surface area contributed by atoms with E-state index in [9.17, 15) is 8.42 Å². The fourth-order valence-electron chi connectivity index (χ4n) is 1.91. The first kappa shape index (κ1) is 11.7. The van der Waals surface area contributed by atoms with Gasteiger partial charge in [0.15, 0.2) is 0 Å². The highest BCUT2D eigenvalue weighted by Gasteiger charge is 2.26. The van der Waals surface area contributed by atoms with Crippen LogP contribution < -0.4 is 10.0 Å². The summed E-state index contributed by atoms with van der Waals surface area (Å²) in [5.41, 5.74) is 0. The minimum atomic E-state index is -3.04. The minimum Gasteiger partial charge on any atom is -0.316 e. The van der Waals surface area contributed by atoms with Gasteiger partial charge in [0.25, 0.3) is 0 Å². The first-order valence-corrected chi connectivity index (χ1v) is 8.25. The molecule has 2 aliphatic heterocycles. The number of rotatable bonds is 4. The molecule has 15 heavy (non-hydrogen) atoms. The Bertz CT molecular complexity index is 295. The van der Waals surface area contributed by atoms with E-state index in [4.69, 9.17) is 0 Å². The monoisotopic (exact) mass is 250 g/mol. The zero-order chi connectivity index (χ0) is 10.7.